The molecule has 2 aromatic carbocycles. The highest BCUT2D eigenvalue weighted by Gasteiger charge is 2.13. The predicted molar refractivity (Wildman–Crippen MR) is 83.5 cm³/mol. The summed E-state index contributed by atoms with van der Waals surface area (Å²) >= 11 is 0. The molecule has 0 aliphatic heterocycles. The topological polar surface area (TPSA) is 72.4 Å². The molecule has 22 heavy (non-hydrogen) atoms. The first-order chi connectivity index (χ1) is 10.6. The minimum absolute atomic E-state index is 0.390. The highest BCUT2D eigenvalue weighted by molar-refractivity contribution is 5.87. The molecule has 0 atom stereocenters. The highest BCUT2D eigenvalue weighted by atomic mass is 16.4. The molecule has 3 aromatic rings. The Balaban J connectivity index is 2.06. The van der Waals surface area contributed by atoms with Gasteiger partial charge in [-0.05, 0) is 11.6 Å². The molecule has 110 valence electrons. The van der Waals surface area contributed by atoms with Crippen LogP contribution in [0.25, 0.3) is 23.3 Å². The van der Waals surface area contributed by atoms with Crippen LogP contribution >= 0.6 is 0 Å². The maximum Gasteiger partial charge on any atom is 0.420 e. The van der Waals surface area contributed by atoms with Crippen molar-refractivity contribution in [2.45, 2.75) is 6.54 Å². The van der Waals surface area contributed by atoms with Gasteiger partial charge in [0.05, 0.1) is 5.52 Å². The number of aliphatic carboxylic acids is 1. The Morgan fingerprint density at radius 1 is 1.09 bits per heavy atom. The van der Waals surface area contributed by atoms with Crippen LogP contribution in [0.1, 0.15) is 11.1 Å². The van der Waals surface area contributed by atoms with Crippen LogP contribution in [0.5, 0.6) is 0 Å². The van der Waals surface area contributed by atoms with Gasteiger partial charge in [0.25, 0.3) is 0 Å². The molecule has 1 heterocycles. The molecular formula is C17H13NO4. The number of hydrogen-bond donors (Lipinski definition) is 1. The minimum Gasteiger partial charge on any atom is -0.480 e. The van der Waals surface area contributed by atoms with E-state index in [2.05, 4.69) is 0 Å². The Morgan fingerprint density at radius 3 is 2.59 bits per heavy atom. The Hall–Kier alpha value is -3.08. The average molecular weight is 295 g/mol. The van der Waals surface area contributed by atoms with E-state index < -0.39 is 18.3 Å². The number of carboxylic acids is 1. The van der Waals surface area contributed by atoms with Crippen LogP contribution in [0, 0.1) is 0 Å². The van der Waals surface area contributed by atoms with Crippen molar-refractivity contribution in [3.8, 4) is 0 Å². The second-order valence-corrected chi connectivity index (χ2v) is 4.79. The molecule has 0 unspecified atom stereocenters. The molecule has 0 fully saturated rings. The fourth-order valence-corrected chi connectivity index (χ4v) is 2.27. The molecule has 0 aliphatic carbocycles. The van der Waals surface area contributed by atoms with E-state index in [0.29, 0.717) is 11.1 Å². The van der Waals surface area contributed by atoms with Crippen LogP contribution in [-0.2, 0) is 11.3 Å². The summed E-state index contributed by atoms with van der Waals surface area (Å²) in [5, 5.41) is 8.88. The SMILES string of the molecule is O=C(O)Cn1c(=O)oc2c(/C=C/c3ccccc3)cccc21. The lowest BCUT2D eigenvalue weighted by Crippen LogP contribution is -2.19. The average Bonchev–Trinajstić information content (AvgIpc) is 2.82. The first-order valence-corrected chi connectivity index (χ1v) is 6.72. The molecule has 5 heteroatoms. The van der Waals surface area contributed by atoms with Crippen LogP contribution < -0.4 is 5.76 Å². The van der Waals surface area contributed by atoms with E-state index in [1.807, 2.05) is 48.6 Å². The summed E-state index contributed by atoms with van der Waals surface area (Å²) in [5.74, 6) is -1.76. The molecule has 1 N–H and O–H groups in total. The third-order valence-electron chi connectivity index (χ3n) is 3.27. The normalized spacial score (nSPS) is 11.3. The van der Waals surface area contributed by atoms with E-state index in [1.54, 1.807) is 12.1 Å². The van der Waals surface area contributed by atoms with Crippen LogP contribution in [-0.4, -0.2) is 15.6 Å². The van der Waals surface area contributed by atoms with Gasteiger partial charge in [-0.15, -0.1) is 0 Å². The Labute approximate surface area is 125 Å². The molecule has 0 saturated heterocycles. The Kier molecular flexibility index (Phi) is 3.62. The lowest BCUT2D eigenvalue weighted by atomic mass is 10.1. The lowest BCUT2D eigenvalue weighted by molar-refractivity contribution is -0.137. The molecule has 0 saturated carbocycles. The van der Waals surface area contributed by atoms with Crippen LogP contribution in [0.2, 0.25) is 0 Å². The number of benzene rings is 2. The molecule has 5 nitrogen and oxygen atoms in total. The van der Waals surface area contributed by atoms with Gasteiger partial charge < -0.3 is 9.52 Å². The van der Waals surface area contributed by atoms with Gasteiger partial charge in [0.15, 0.2) is 5.58 Å². The molecule has 3 rings (SSSR count). The fourth-order valence-electron chi connectivity index (χ4n) is 2.27. The predicted octanol–water partition coefficient (Wildman–Crippen LogP) is 2.85. The first kappa shape index (κ1) is 13.9. The van der Waals surface area contributed by atoms with Crippen molar-refractivity contribution in [1.82, 2.24) is 4.57 Å². The van der Waals surface area contributed by atoms with E-state index >= 15 is 0 Å². The third-order valence-corrected chi connectivity index (χ3v) is 3.27. The maximum absolute atomic E-state index is 11.8. The van der Waals surface area contributed by atoms with Gasteiger partial charge in [-0.25, -0.2) is 4.79 Å². The number of nitrogens with zero attached hydrogens (tertiary/aromatic N) is 1. The van der Waals surface area contributed by atoms with Gasteiger partial charge in [0, 0.05) is 5.56 Å². The zero-order valence-electron chi connectivity index (χ0n) is 11.6. The van der Waals surface area contributed by atoms with Gasteiger partial charge in [0.2, 0.25) is 0 Å². The Morgan fingerprint density at radius 2 is 1.86 bits per heavy atom. The lowest BCUT2D eigenvalue weighted by Gasteiger charge is -1.98. The zero-order chi connectivity index (χ0) is 15.5. The van der Waals surface area contributed by atoms with Crippen LogP contribution in [0.15, 0.2) is 57.7 Å². The number of carboxylic acid groups (broad SMARTS) is 1. The largest absolute Gasteiger partial charge is 0.480 e. The molecule has 0 spiro atoms. The van der Waals surface area contributed by atoms with Gasteiger partial charge in [0.1, 0.15) is 6.54 Å². The van der Waals surface area contributed by atoms with Crippen molar-refractivity contribution in [2.24, 2.45) is 0 Å². The molecule has 0 bridgehead atoms. The van der Waals surface area contributed by atoms with Crippen molar-refractivity contribution >= 4 is 29.2 Å². The van der Waals surface area contributed by atoms with E-state index in [-0.39, 0.29) is 0 Å². The number of para-hydroxylation sites is 1. The summed E-state index contributed by atoms with van der Waals surface area (Å²) in [5.41, 5.74) is 2.61. The van der Waals surface area contributed by atoms with Gasteiger partial charge in [-0.1, -0.05) is 54.6 Å². The number of rotatable bonds is 4. The standard InChI is InChI=1S/C17H13NO4/c19-15(20)11-18-14-8-4-7-13(16(14)22-17(18)21)10-9-12-5-2-1-3-6-12/h1-10H,11H2,(H,19,20)/b10-9+. The number of fused-ring (bicyclic) bond motifs is 1. The van der Waals surface area contributed by atoms with E-state index in [4.69, 9.17) is 9.52 Å². The number of oxazole rings is 1. The monoisotopic (exact) mass is 295 g/mol. The molecule has 1 aromatic heterocycles. The third kappa shape index (κ3) is 2.69. The van der Waals surface area contributed by atoms with Crippen molar-refractivity contribution < 1.29 is 14.3 Å². The molecule has 0 aliphatic rings. The molecule has 0 radical (unpaired) electrons. The summed E-state index contributed by atoms with van der Waals surface area (Å²) in [4.78, 5) is 22.7. The smallest absolute Gasteiger partial charge is 0.420 e. The zero-order valence-corrected chi connectivity index (χ0v) is 11.6. The number of aromatic nitrogens is 1. The van der Waals surface area contributed by atoms with Crippen molar-refractivity contribution in [3.63, 3.8) is 0 Å². The summed E-state index contributed by atoms with van der Waals surface area (Å²) in [6.45, 7) is -0.419. The van der Waals surface area contributed by atoms with Gasteiger partial charge in [-0.2, -0.15) is 0 Å². The van der Waals surface area contributed by atoms with Gasteiger partial charge >= 0.3 is 11.7 Å². The summed E-state index contributed by atoms with van der Waals surface area (Å²) in [6, 6.07) is 15.0. The molecule has 0 amide bonds. The summed E-state index contributed by atoms with van der Waals surface area (Å²) in [6.07, 6.45) is 3.75. The summed E-state index contributed by atoms with van der Waals surface area (Å²) < 4.78 is 6.32. The quantitative estimate of drug-likeness (QED) is 0.751. The van der Waals surface area contributed by atoms with E-state index in [1.165, 1.54) is 0 Å². The fraction of sp³-hybridized carbons (Fsp3) is 0.0588. The first-order valence-electron chi connectivity index (χ1n) is 6.72. The van der Waals surface area contributed by atoms with Crippen molar-refractivity contribution in [2.75, 3.05) is 0 Å². The number of hydrogen-bond acceptors (Lipinski definition) is 3. The van der Waals surface area contributed by atoms with Gasteiger partial charge in [-0.3, -0.25) is 9.36 Å². The Bertz CT molecular complexity index is 903. The second kappa shape index (κ2) is 5.73. The van der Waals surface area contributed by atoms with Crippen LogP contribution in [0.4, 0.5) is 0 Å². The highest BCUT2D eigenvalue weighted by Crippen LogP contribution is 2.20. The van der Waals surface area contributed by atoms with Crippen molar-refractivity contribution in [3.05, 3.63) is 70.2 Å². The molecular weight excluding hydrogens is 282 g/mol. The number of carbonyl (C=O) groups is 1. The van der Waals surface area contributed by atoms with Crippen LogP contribution in [0.3, 0.4) is 0 Å². The van der Waals surface area contributed by atoms with Crippen molar-refractivity contribution in [1.29, 1.82) is 0 Å². The maximum atomic E-state index is 11.8. The second-order valence-electron chi connectivity index (χ2n) is 4.79. The minimum atomic E-state index is -1.09. The van der Waals surface area contributed by atoms with E-state index in [9.17, 15) is 9.59 Å². The summed E-state index contributed by atoms with van der Waals surface area (Å²) in [7, 11) is 0. The van der Waals surface area contributed by atoms with E-state index in [0.717, 1.165) is 15.7 Å².